The van der Waals surface area contributed by atoms with Gasteiger partial charge in [0.1, 0.15) is 11.1 Å². The smallest absolute Gasteiger partial charge is 0.349 e. The Kier molecular flexibility index (Phi) is 3.98. The SMILES string of the molecule is O=C(Nc1nnc(-c2ccc(Cl)cc2)o1)c1cc2ccccc2oc1=O. The lowest BCUT2D eigenvalue weighted by molar-refractivity contribution is 0.102. The van der Waals surface area contributed by atoms with Crippen LogP contribution in [0.1, 0.15) is 10.4 Å². The van der Waals surface area contributed by atoms with Gasteiger partial charge in [-0.3, -0.25) is 10.1 Å². The van der Waals surface area contributed by atoms with E-state index in [4.69, 9.17) is 20.4 Å². The van der Waals surface area contributed by atoms with E-state index in [0.717, 1.165) is 0 Å². The average Bonchev–Trinajstić information content (AvgIpc) is 3.10. The summed E-state index contributed by atoms with van der Waals surface area (Å²) in [6.45, 7) is 0. The van der Waals surface area contributed by atoms with Gasteiger partial charge in [0.05, 0.1) is 0 Å². The number of anilines is 1. The highest BCUT2D eigenvalue weighted by Crippen LogP contribution is 2.22. The van der Waals surface area contributed by atoms with Crippen LogP contribution in [0, 0.1) is 0 Å². The number of nitrogens with one attached hydrogen (secondary N) is 1. The van der Waals surface area contributed by atoms with Crippen molar-refractivity contribution in [2.75, 3.05) is 5.32 Å². The third kappa shape index (κ3) is 3.07. The van der Waals surface area contributed by atoms with E-state index in [1.165, 1.54) is 6.07 Å². The highest BCUT2D eigenvalue weighted by Gasteiger charge is 2.17. The summed E-state index contributed by atoms with van der Waals surface area (Å²) >= 11 is 5.84. The molecule has 0 saturated carbocycles. The summed E-state index contributed by atoms with van der Waals surface area (Å²) < 4.78 is 10.5. The Hall–Kier alpha value is -3.45. The molecule has 2 aromatic carbocycles. The molecule has 0 atom stereocenters. The number of carbonyl (C=O) groups is 1. The second-order valence-corrected chi connectivity index (χ2v) is 5.80. The molecule has 2 aromatic heterocycles. The zero-order valence-corrected chi connectivity index (χ0v) is 13.9. The van der Waals surface area contributed by atoms with Crippen molar-refractivity contribution in [3.63, 3.8) is 0 Å². The first-order valence-electron chi connectivity index (χ1n) is 7.54. The van der Waals surface area contributed by atoms with E-state index >= 15 is 0 Å². The molecule has 0 aliphatic heterocycles. The summed E-state index contributed by atoms with van der Waals surface area (Å²) in [5.41, 5.74) is 0.137. The van der Waals surface area contributed by atoms with Gasteiger partial charge in [-0.1, -0.05) is 34.9 Å². The standard InChI is InChI=1S/C18H10ClN3O4/c19-12-7-5-10(6-8-12)16-21-22-18(26-16)20-15(23)13-9-11-3-1-2-4-14(11)25-17(13)24/h1-9H,(H,20,22,23). The van der Waals surface area contributed by atoms with Crippen LogP contribution in [0.25, 0.3) is 22.4 Å². The number of benzene rings is 2. The van der Waals surface area contributed by atoms with E-state index < -0.39 is 11.5 Å². The second kappa shape index (κ2) is 6.45. The molecule has 0 aliphatic rings. The highest BCUT2D eigenvalue weighted by atomic mass is 35.5. The van der Waals surface area contributed by atoms with Gasteiger partial charge in [0.25, 0.3) is 5.91 Å². The predicted molar refractivity (Wildman–Crippen MR) is 95.2 cm³/mol. The van der Waals surface area contributed by atoms with Crippen molar-refractivity contribution >= 4 is 34.5 Å². The first kappa shape index (κ1) is 16.0. The largest absolute Gasteiger partial charge is 0.422 e. The molecule has 2 heterocycles. The number of halogens is 1. The molecule has 0 saturated heterocycles. The van der Waals surface area contributed by atoms with Gasteiger partial charge in [-0.25, -0.2) is 4.79 Å². The summed E-state index contributed by atoms with van der Waals surface area (Å²) in [6.07, 6.45) is 0. The fraction of sp³-hybridized carbons (Fsp3) is 0. The zero-order chi connectivity index (χ0) is 18.1. The van der Waals surface area contributed by atoms with Crippen LogP contribution in [0.15, 0.2) is 68.2 Å². The summed E-state index contributed by atoms with van der Waals surface area (Å²) in [4.78, 5) is 24.4. The van der Waals surface area contributed by atoms with Crippen molar-refractivity contribution in [3.05, 3.63) is 75.6 Å². The molecule has 0 unspecified atom stereocenters. The van der Waals surface area contributed by atoms with Crippen LogP contribution in [-0.4, -0.2) is 16.1 Å². The number of nitrogens with zero attached hydrogens (tertiary/aromatic N) is 2. The van der Waals surface area contributed by atoms with E-state index in [1.807, 2.05) is 0 Å². The van der Waals surface area contributed by atoms with Gasteiger partial charge >= 0.3 is 11.6 Å². The molecule has 4 aromatic rings. The number of hydrogen-bond acceptors (Lipinski definition) is 6. The molecule has 0 bridgehead atoms. The molecule has 26 heavy (non-hydrogen) atoms. The lowest BCUT2D eigenvalue weighted by Crippen LogP contribution is -2.20. The molecule has 128 valence electrons. The molecule has 0 spiro atoms. The third-order valence-corrected chi connectivity index (χ3v) is 3.87. The number of hydrogen-bond donors (Lipinski definition) is 1. The van der Waals surface area contributed by atoms with Crippen molar-refractivity contribution in [2.45, 2.75) is 0 Å². The highest BCUT2D eigenvalue weighted by molar-refractivity contribution is 6.30. The quantitative estimate of drug-likeness (QED) is 0.554. The molecule has 4 rings (SSSR count). The fourth-order valence-electron chi connectivity index (χ4n) is 2.37. The average molecular weight is 368 g/mol. The second-order valence-electron chi connectivity index (χ2n) is 5.36. The first-order valence-corrected chi connectivity index (χ1v) is 7.91. The molecule has 0 radical (unpaired) electrons. The number of fused-ring (bicyclic) bond motifs is 1. The van der Waals surface area contributed by atoms with Crippen LogP contribution in [0.2, 0.25) is 5.02 Å². The molecule has 1 N–H and O–H groups in total. The van der Waals surface area contributed by atoms with Gasteiger partial charge in [-0.05, 0) is 36.4 Å². The fourth-order valence-corrected chi connectivity index (χ4v) is 2.49. The van der Waals surface area contributed by atoms with Crippen LogP contribution < -0.4 is 10.9 Å². The van der Waals surface area contributed by atoms with Gasteiger partial charge in [0.2, 0.25) is 5.89 Å². The van der Waals surface area contributed by atoms with Gasteiger partial charge in [-0.15, -0.1) is 5.10 Å². The Labute approximate surface area is 151 Å². The number of amides is 1. The predicted octanol–water partition coefficient (Wildman–Crippen LogP) is 3.75. The van der Waals surface area contributed by atoms with Crippen LogP contribution >= 0.6 is 11.6 Å². The molecule has 0 fully saturated rings. The van der Waals surface area contributed by atoms with E-state index in [0.29, 0.717) is 21.6 Å². The number of aromatic nitrogens is 2. The maximum atomic E-state index is 12.4. The Bertz CT molecular complexity index is 1160. The van der Waals surface area contributed by atoms with E-state index in [2.05, 4.69) is 15.5 Å². The van der Waals surface area contributed by atoms with Crippen molar-refractivity contribution in [1.29, 1.82) is 0 Å². The third-order valence-electron chi connectivity index (χ3n) is 3.62. The monoisotopic (exact) mass is 367 g/mol. The normalized spacial score (nSPS) is 10.8. The molecule has 1 amide bonds. The summed E-state index contributed by atoms with van der Waals surface area (Å²) in [6, 6.07) is 15.0. The van der Waals surface area contributed by atoms with Crippen molar-refractivity contribution < 1.29 is 13.6 Å². The van der Waals surface area contributed by atoms with Crippen LogP contribution in [0.5, 0.6) is 0 Å². The minimum atomic E-state index is -0.751. The van der Waals surface area contributed by atoms with Crippen LogP contribution in [0.3, 0.4) is 0 Å². The maximum Gasteiger partial charge on any atom is 0.349 e. The summed E-state index contributed by atoms with van der Waals surface area (Å²) in [5, 5.41) is 11.2. The Morgan fingerprint density at radius 3 is 2.58 bits per heavy atom. The Morgan fingerprint density at radius 1 is 1.00 bits per heavy atom. The van der Waals surface area contributed by atoms with Gasteiger partial charge < -0.3 is 8.83 Å². The summed E-state index contributed by atoms with van der Waals surface area (Å²) in [7, 11) is 0. The Morgan fingerprint density at radius 2 is 1.77 bits per heavy atom. The number of carbonyl (C=O) groups excluding carboxylic acids is 1. The molecular formula is C18H10ClN3O4. The molecule has 0 aliphatic carbocycles. The first-order chi connectivity index (χ1) is 12.6. The molecular weight excluding hydrogens is 358 g/mol. The lowest BCUT2D eigenvalue weighted by atomic mass is 10.2. The summed E-state index contributed by atoms with van der Waals surface area (Å²) in [5.74, 6) is -0.488. The van der Waals surface area contributed by atoms with Crippen molar-refractivity contribution in [2.24, 2.45) is 0 Å². The lowest BCUT2D eigenvalue weighted by Gasteiger charge is -2.01. The van der Waals surface area contributed by atoms with Crippen LogP contribution in [0.4, 0.5) is 6.01 Å². The van der Waals surface area contributed by atoms with E-state index in [1.54, 1.807) is 48.5 Å². The van der Waals surface area contributed by atoms with Crippen molar-refractivity contribution in [3.8, 4) is 11.5 Å². The molecule has 7 nitrogen and oxygen atoms in total. The minimum absolute atomic E-state index is 0.132. The van der Waals surface area contributed by atoms with Gasteiger partial charge in [-0.2, -0.15) is 0 Å². The van der Waals surface area contributed by atoms with Crippen LogP contribution in [-0.2, 0) is 0 Å². The van der Waals surface area contributed by atoms with Gasteiger partial charge in [0, 0.05) is 16.0 Å². The number of rotatable bonds is 3. The topological polar surface area (TPSA) is 98.2 Å². The van der Waals surface area contributed by atoms with Gasteiger partial charge in [0.15, 0.2) is 0 Å². The van der Waals surface area contributed by atoms with Crippen molar-refractivity contribution in [1.82, 2.24) is 10.2 Å². The number of para-hydroxylation sites is 1. The Balaban J connectivity index is 1.60. The van der Waals surface area contributed by atoms with E-state index in [-0.39, 0.29) is 17.5 Å². The minimum Gasteiger partial charge on any atom is -0.422 e. The maximum absolute atomic E-state index is 12.4. The molecule has 8 heteroatoms. The zero-order valence-electron chi connectivity index (χ0n) is 13.1. The van der Waals surface area contributed by atoms with E-state index in [9.17, 15) is 9.59 Å².